The molecule has 3 nitrogen and oxygen atoms in total. The minimum absolute atomic E-state index is 0.00000567. The molecule has 0 heterocycles. The van der Waals surface area contributed by atoms with Gasteiger partial charge in [-0.1, -0.05) is 35.0 Å². The monoisotopic (exact) mass is 299 g/mol. The maximum atomic E-state index is 11.7. The molecular formula is C13H18BrNO2. The van der Waals surface area contributed by atoms with Crippen LogP contribution in [-0.4, -0.2) is 17.8 Å². The second kappa shape index (κ2) is 6.64. The lowest BCUT2D eigenvalue weighted by atomic mass is 10.1. The normalized spacial score (nSPS) is 13.9. The van der Waals surface area contributed by atoms with Gasteiger partial charge in [0, 0.05) is 0 Å². The molecule has 1 rings (SSSR count). The zero-order valence-corrected chi connectivity index (χ0v) is 12.0. The summed E-state index contributed by atoms with van der Waals surface area (Å²) < 4.78 is 5.09. The predicted molar refractivity (Wildman–Crippen MR) is 72.6 cm³/mol. The highest BCUT2D eigenvalue weighted by Gasteiger charge is 2.15. The second-order valence-electron chi connectivity index (χ2n) is 3.88. The summed E-state index contributed by atoms with van der Waals surface area (Å²) in [6, 6.07) is 7.70. The molecule has 1 amide bonds. The Morgan fingerprint density at radius 2 is 2.00 bits per heavy atom. The van der Waals surface area contributed by atoms with Crippen molar-refractivity contribution in [2.75, 3.05) is 7.11 Å². The first-order valence-corrected chi connectivity index (χ1v) is 6.58. The van der Waals surface area contributed by atoms with E-state index in [0.717, 1.165) is 17.7 Å². The highest BCUT2D eigenvalue weighted by Crippen LogP contribution is 2.18. The van der Waals surface area contributed by atoms with Gasteiger partial charge in [-0.25, -0.2) is 0 Å². The Bertz CT molecular complexity index is 364. The Labute approximate surface area is 111 Å². The SMILES string of the molecule is CCC(Br)C(=O)NC(C)c1ccc(OC)cc1. The summed E-state index contributed by atoms with van der Waals surface area (Å²) in [4.78, 5) is 11.6. The number of hydrogen-bond acceptors (Lipinski definition) is 2. The Balaban J connectivity index is 2.63. The maximum absolute atomic E-state index is 11.7. The van der Waals surface area contributed by atoms with E-state index in [1.165, 1.54) is 0 Å². The average molecular weight is 300 g/mol. The summed E-state index contributed by atoms with van der Waals surface area (Å²) >= 11 is 3.33. The molecule has 0 fully saturated rings. The summed E-state index contributed by atoms with van der Waals surface area (Å²) in [7, 11) is 1.64. The average Bonchev–Trinajstić information content (AvgIpc) is 2.37. The molecule has 17 heavy (non-hydrogen) atoms. The van der Waals surface area contributed by atoms with Gasteiger partial charge in [-0.05, 0) is 31.0 Å². The molecule has 4 heteroatoms. The van der Waals surface area contributed by atoms with Crippen LogP contribution in [0.5, 0.6) is 5.75 Å². The summed E-state index contributed by atoms with van der Waals surface area (Å²) in [5.74, 6) is 0.843. The number of benzene rings is 1. The Morgan fingerprint density at radius 3 is 2.47 bits per heavy atom. The fraction of sp³-hybridized carbons (Fsp3) is 0.462. The third-order valence-corrected chi connectivity index (χ3v) is 3.68. The van der Waals surface area contributed by atoms with Crippen LogP contribution in [0.1, 0.15) is 31.9 Å². The third-order valence-electron chi connectivity index (χ3n) is 2.62. The number of carbonyl (C=O) groups is 1. The van der Waals surface area contributed by atoms with Crippen LogP contribution in [0.4, 0.5) is 0 Å². The van der Waals surface area contributed by atoms with Crippen LogP contribution < -0.4 is 10.1 Å². The van der Waals surface area contributed by atoms with Crippen molar-refractivity contribution in [1.29, 1.82) is 0 Å². The molecule has 1 aromatic rings. The topological polar surface area (TPSA) is 38.3 Å². The van der Waals surface area contributed by atoms with E-state index in [2.05, 4.69) is 21.2 Å². The zero-order chi connectivity index (χ0) is 12.8. The van der Waals surface area contributed by atoms with Gasteiger partial charge in [0.1, 0.15) is 5.75 Å². The Morgan fingerprint density at radius 1 is 1.41 bits per heavy atom. The molecule has 1 N–H and O–H groups in total. The van der Waals surface area contributed by atoms with Crippen LogP contribution >= 0.6 is 15.9 Å². The first-order valence-electron chi connectivity index (χ1n) is 5.66. The number of amides is 1. The van der Waals surface area contributed by atoms with Crippen LogP contribution in [0.15, 0.2) is 24.3 Å². The Kier molecular flexibility index (Phi) is 5.48. The molecule has 0 aromatic heterocycles. The number of alkyl halides is 1. The molecule has 0 spiro atoms. The van der Waals surface area contributed by atoms with E-state index in [0.29, 0.717) is 0 Å². The van der Waals surface area contributed by atoms with Gasteiger partial charge in [0.15, 0.2) is 0 Å². The van der Waals surface area contributed by atoms with Crippen LogP contribution in [0.2, 0.25) is 0 Å². The number of nitrogens with one attached hydrogen (secondary N) is 1. The quantitative estimate of drug-likeness (QED) is 0.849. The Hall–Kier alpha value is -1.03. The molecule has 0 bridgehead atoms. The predicted octanol–water partition coefficient (Wildman–Crippen LogP) is 3.05. The molecule has 0 aliphatic carbocycles. The number of carbonyl (C=O) groups excluding carboxylic acids is 1. The van der Waals surface area contributed by atoms with Gasteiger partial charge in [-0.15, -0.1) is 0 Å². The van der Waals surface area contributed by atoms with E-state index in [1.807, 2.05) is 38.1 Å². The van der Waals surface area contributed by atoms with Crippen LogP contribution in [0.25, 0.3) is 0 Å². The number of ether oxygens (including phenoxy) is 1. The van der Waals surface area contributed by atoms with E-state index >= 15 is 0 Å². The van der Waals surface area contributed by atoms with E-state index < -0.39 is 0 Å². The summed E-state index contributed by atoms with van der Waals surface area (Å²) in [6.07, 6.45) is 0.779. The zero-order valence-electron chi connectivity index (χ0n) is 10.4. The third kappa shape index (κ3) is 4.04. The van der Waals surface area contributed by atoms with Crippen molar-refractivity contribution in [3.63, 3.8) is 0 Å². The fourth-order valence-corrected chi connectivity index (χ4v) is 1.60. The van der Waals surface area contributed by atoms with Gasteiger partial charge in [-0.3, -0.25) is 4.79 Å². The van der Waals surface area contributed by atoms with Crippen molar-refractivity contribution in [3.05, 3.63) is 29.8 Å². The van der Waals surface area contributed by atoms with Gasteiger partial charge in [0.2, 0.25) is 5.91 Å². The lowest BCUT2D eigenvalue weighted by molar-refractivity contribution is -0.121. The molecule has 0 radical (unpaired) electrons. The fourth-order valence-electron chi connectivity index (χ4n) is 1.47. The van der Waals surface area contributed by atoms with E-state index in [-0.39, 0.29) is 16.8 Å². The van der Waals surface area contributed by atoms with Crippen molar-refractivity contribution in [2.45, 2.75) is 31.1 Å². The van der Waals surface area contributed by atoms with Crippen LogP contribution in [-0.2, 0) is 4.79 Å². The number of hydrogen-bond donors (Lipinski definition) is 1. The first-order chi connectivity index (χ1) is 8.08. The lowest BCUT2D eigenvalue weighted by Gasteiger charge is -2.16. The summed E-state index contributed by atoms with van der Waals surface area (Å²) in [5, 5.41) is 2.96. The van der Waals surface area contributed by atoms with Gasteiger partial charge in [-0.2, -0.15) is 0 Å². The van der Waals surface area contributed by atoms with Gasteiger partial charge in [0.05, 0.1) is 18.0 Å². The van der Waals surface area contributed by atoms with Crippen molar-refractivity contribution >= 4 is 21.8 Å². The largest absolute Gasteiger partial charge is 0.497 e. The number of rotatable bonds is 5. The first kappa shape index (κ1) is 14.0. The van der Waals surface area contributed by atoms with Crippen molar-refractivity contribution in [1.82, 2.24) is 5.32 Å². The maximum Gasteiger partial charge on any atom is 0.234 e. The molecule has 0 aliphatic heterocycles. The van der Waals surface area contributed by atoms with Crippen molar-refractivity contribution in [2.24, 2.45) is 0 Å². The number of methoxy groups -OCH3 is 1. The molecule has 2 atom stereocenters. The molecule has 0 aliphatic rings. The van der Waals surface area contributed by atoms with Crippen LogP contribution in [0.3, 0.4) is 0 Å². The molecule has 2 unspecified atom stereocenters. The van der Waals surface area contributed by atoms with Crippen LogP contribution in [0, 0.1) is 0 Å². The molecule has 0 saturated heterocycles. The molecule has 1 aromatic carbocycles. The second-order valence-corrected chi connectivity index (χ2v) is 4.98. The molecule has 94 valence electrons. The molecular weight excluding hydrogens is 282 g/mol. The number of halogens is 1. The molecule has 0 saturated carbocycles. The van der Waals surface area contributed by atoms with Gasteiger partial charge in [0.25, 0.3) is 0 Å². The highest BCUT2D eigenvalue weighted by molar-refractivity contribution is 9.10. The van der Waals surface area contributed by atoms with E-state index in [4.69, 9.17) is 4.74 Å². The standard InChI is InChI=1S/C13H18BrNO2/c1-4-12(14)13(16)15-9(2)10-5-7-11(17-3)8-6-10/h5-9,12H,4H2,1-3H3,(H,15,16). The minimum Gasteiger partial charge on any atom is -0.497 e. The van der Waals surface area contributed by atoms with Gasteiger partial charge >= 0.3 is 0 Å². The van der Waals surface area contributed by atoms with Crippen molar-refractivity contribution in [3.8, 4) is 5.75 Å². The smallest absolute Gasteiger partial charge is 0.234 e. The van der Waals surface area contributed by atoms with Crippen molar-refractivity contribution < 1.29 is 9.53 Å². The minimum atomic E-state index is -0.122. The van der Waals surface area contributed by atoms with E-state index in [1.54, 1.807) is 7.11 Å². The summed E-state index contributed by atoms with van der Waals surface area (Å²) in [5.41, 5.74) is 1.06. The lowest BCUT2D eigenvalue weighted by Crippen LogP contribution is -2.32. The van der Waals surface area contributed by atoms with E-state index in [9.17, 15) is 4.79 Å². The van der Waals surface area contributed by atoms with Gasteiger partial charge < -0.3 is 10.1 Å². The summed E-state index contributed by atoms with van der Waals surface area (Å²) in [6.45, 7) is 3.94. The highest BCUT2D eigenvalue weighted by atomic mass is 79.9.